The van der Waals surface area contributed by atoms with Gasteiger partial charge in [0.2, 0.25) is 0 Å². The third-order valence-corrected chi connectivity index (χ3v) is 4.37. The second kappa shape index (κ2) is 6.95. The van der Waals surface area contributed by atoms with Crippen molar-refractivity contribution >= 4 is 5.91 Å². The van der Waals surface area contributed by atoms with Gasteiger partial charge in [-0.2, -0.15) is 15.4 Å². The lowest BCUT2D eigenvalue weighted by Crippen LogP contribution is -2.38. The van der Waals surface area contributed by atoms with Crippen LogP contribution in [0.5, 0.6) is 0 Å². The SMILES string of the molecule is Cc1ccc(CN2CCC(CNC(=O)c3n[nH]nc3C)CC2)o1. The number of likely N-dealkylation sites (tertiary alicyclic amines) is 1. The van der Waals surface area contributed by atoms with Gasteiger partial charge in [0.05, 0.1) is 12.2 Å². The maximum Gasteiger partial charge on any atom is 0.273 e. The number of carbonyl (C=O) groups is 1. The molecule has 0 bridgehead atoms. The first-order chi connectivity index (χ1) is 11.1. The van der Waals surface area contributed by atoms with Gasteiger partial charge < -0.3 is 9.73 Å². The number of furan rings is 1. The smallest absolute Gasteiger partial charge is 0.273 e. The van der Waals surface area contributed by atoms with Crippen LogP contribution < -0.4 is 5.32 Å². The van der Waals surface area contributed by atoms with Crippen molar-refractivity contribution in [2.45, 2.75) is 33.2 Å². The number of nitrogens with one attached hydrogen (secondary N) is 2. The molecule has 23 heavy (non-hydrogen) atoms. The Morgan fingerprint density at radius 3 is 2.74 bits per heavy atom. The van der Waals surface area contributed by atoms with E-state index < -0.39 is 0 Å². The molecule has 3 rings (SSSR count). The molecule has 2 aromatic heterocycles. The minimum absolute atomic E-state index is 0.148. The molecule has 1 amide bonds. The molecule has 1 aliphatic rings. The molecule has 2 aromatic rings. The standard InChI is InChI=1S/C16H23N5O2/c1-11-3-4-14(23-11)10-21-7-5-13(6-8-21)9-17-16(22)15-12(2)18-20-19-15/h3-4,13H,5-10H2,1-2H3,(H,17,22)(H,18,19,20). The van der Waals surface area contributed by atoms with E-state index in [0.717, 1.165) is 44.0 Å². The lowest BCUT2D eigenvalue weighted by Gasteiger charge is -2.31. The Morgan fingerprint density at radius 1 is 1.35 bits per heavy atom. The summed E-state index contributed by atoms with van der Waals surface area (Å²) < 4.78 is 5.63. The number of aromatic nitrogens is 3. The van der Waals surface area contributed by atoms with Gasteiger partial charge in [-0.3, -0.25) is 9.69 Å². The van der Waals surface area contributed by atoms with Crippen LogP contribution in [0.2, 0.25) is 0 Å². The normalized spacial score (nSPS) is 16.6. The van der Waals surface area contributed by atoms with E-state index in [0.29, 0.717) is 23.9 Å². The zero-order valence-corrected chi connectivity index (χ0v) is 13.6. The van der Waals surface area contributed by atoms with Gasteiger partial charge in [-0.15, -0.1) is 0 Å². The Bertz CT molecular complexity index is 655. The van der Waals surface area contributed by atoms with E-state index >= 15 is 0 Å². The molecule has 7 nitrogen and oxygen atoms in total. The number of hydrogen-bond acceptors (Lipinski definition) is 5. The van der Waals surface area contributed by atoms with Gasteiger partial charge in [-0.1, -0.05) is 0 Å². The maximum atomic E-state index is 12.0. The van der Waals surface area contributed by atoms with Crippen molar-refractivity contribution < 1.29 is 9.21 Å². The fourth-order valence-electron chi connectivity index (χ4n) is 2.96. The number of amides is 1. The van der Waals surface area contributed by atoms with Crippen molar-refractivity contribution in [3.63, 3.8) is 0 Å². The quantitative estimate of drug-likeness (QED) is 0.875. The number of aryl methyl sites for hydroxylation is 2. The largest absolute Gasteiger partial charge is 0.465 e. The van der Waals surface area contributed by atoms with Gasteiger partial charge in [0.15, 0.2) is 5.69 Å². The first kappa shape index (κ1) is 15.7. The van der Waals surface area contributed by atoms with Crippen LogP contribution in [0.15, 0.2) is 16.5 Å². The average Bonchev–Trinajstić information content (AvgIpc) is 3.15. The van der Waals surface area contributed by atoms with Gasteiger partial charge in [0.1, 0.15) is 11.5 Å². The van der Waals surface area contributed by atoms with Crippen LogP contribution in [0.1, 0.15) is 40.5 Å². The Morgan fingerprint density at radius 2 is 2.13 bits per heavy atom. The predicted molar refractivity (Wildman–Crippen MR) is 84.9 cm³/mol. The molecule has 0 saturated carbocycles. The molecular weight excluding hydrogens is 294 g/mol. The molecule has 1 aliphatic heterocycles. The Hall–Kier alpha value is -2.15. The molecule has 0 radical (unpaired) electrons. The van der Waals surface area contributed by atoms with E-state index in [1.54, 1.807) is 6.92 Å². The van der Waals surface area contributed by atoms with Crippen molar-refractivity contribution in [3.8, 4) is 0 Å². The van der Waals surface area contributed by atoms with Gasteiger partial charge in [-0.05, 0) is 57.8 Å². The summed E-state index contributed by atoms with van der Waals surface area (Å²) in [6.07, 6.45) is 2.16. The lowest BCUT2D eigenvalue weighted by atomic mass is 9.96. The van der Waals surface area contributed by atoms with Gasteiger partial charge in [0.25, 0.3) is 5.91 Å². The topological polar surface area (TPSA) is 87.0 Å². The molecule has 0 aliphatic carbocycles. The highest BCUT2D eigenvalue weighted by atomic mass is 16.3. The predicted octanol–water partition coefficient (Wildman–Crippen LogP) is 1.66. The molecule has 0 unspecified atom stereocenters. The molecule has 2 N–H and O–H groups in total. The van der Waals surface area contributed by atoms with E-state index in [9.17, 15) is 4.79 Å². The third kappa shape index (κ3) is 3.98. The third-order valence-electron chi connectivity index (χ3n) is 4.37. The number of aromatic amines is 1. The molecule has 124 valence electrons. The lowest BCUT2D eigenvalue weighted by molar-refractivity contribution is 0.0928. The summed E-state index contributed by atoms with van der Waals surface area (Å²) in [5.74, 6) is 2.35. The summed E-state index contributed by atoms with van der Waals surface area (Å²) in [6.45, 7) is 7.36. The summed E-state index contributed by atoms with van der Waals surface area (Å²) in [7, 11) is 0. The monoisotopic (exact) mass is 317 g/mol. The van der Waals surface area contributed by atoms with Crippen LogP contribution in [0, 0.1) is 19.8 Å². The first-order valence-electron chi connectivity index (χ1n) is 8.05. The number of piperidine rings is 1. The summed E-state index contributed by atoms with van der Waals surface area (Å²) in [5.41, 5.74) is 1.02. The van der Waals surface area contributed by atoms with Gasteiger partial charge in [0, 0.05) is 6.54 Å². The van der Waals surface area contributed by atoms with Crippen LogP contribution in [-0.4, -0.2) is 45.9 Å². The summed E-state index contributed by atoms with van der Waals surface area (Å²) in [6, 6.07) is 4.05. The zero-order chi connectivity index (χ0) is 16.2. The highest BCUT2D eigenvalue weighted by Gasteiger charge is 2.21. The van der Waals surface area contributed by atoms with Crippen LogP contribution >= 0.6 is 0 Å². The molecule has 0 atom stereocenters. The van der Waals surface area contributed by atoms with E-state index in [-0.39, 0.29) is 5.91 Å². The fourth-order valence-corrected chi connectivity index (χ4v) is 2.96. The van der Waals surface area contributed by atoms with Crippen molar-refractivity contribution in [1.29, 1.82) is 0 Å². The highest BCUT2D eigenvalue weighted by Crippen LogP contribution is 2.19. The fraction of sp³-hybridized carbons (Fsp3) is 0.562. The van der Waals surface area contributed by atoms with Crippen LogP contribution in [0.4, 0.5) is 0 Å². The Kier molecular flexibility index (Phi) is 4.76. The molecule has 7 heteroatoms. The Balaban J connectivity index is 1.41. The summed E-state index contributed by atoms with van der Waals surface area (Å²) >= 11 is 0. The molecule has 1 saturated heterocycles. The second-order valence-corrected chi connectivity index (χ2v) is 6.20. The zero-order valence-electron chi connectivity index (χ0n) is 13.6. The summed E-state index contributed by atoms with van der Waals surface area (Å²) in [4.78, 5) is 14.4. The average molecular weight is 317 g/mol. The van der Waals surface area contributed by atoms with Crippen LogP contribution in [0.25, 0.3) is 0 Å². The Labute approximate surface area is 135 Å². The van der Waals surface area contributed by atoms with E-state index in [1.807, 2.05) is 19.1 Å². The van der Waals surface area contributed by atoms with Crippen molar-refractivity contribution in [2.24, 2.45) is 5.92 Å². The van der Waals surface area contributed by atoms with E-state index in [4.69, 9.17) is 4.42 Å². The van der Waals surface area contributed by atoms with Gasteiger partial charge in [-0.25, -0.2) is 0 Å². The molecular formula is C16H23N5O2. The number of carbonyl (C=O) groups excluding carboxylic acids is 1. The minimum atomic E-state index is -0.148. The molecule has 3 heterocycles. The van der Waals surface area contributed by atoms with Gasteiger partial charge >= 0.3 is 0 Å². The number of nitrogens with zero attached hydrogens (tertiary/aromatic N) is 3. The van der Waals surface area contributed by atoms with Crippen molar-refractivity contribution in [3.05, 3.63) is 35.0 Å². The van der Waals surface area contributed by atoms with Crippen molar-refractivity contribution in [2.75, 3.05) is 19.6 Å². The molecule has 0 aromatic carbocycles. The number of H-pyrrole nitrogens is 1. The summed E-state index contributed by atoms with van der Waals surface area (Å²) in [5, 5.41) is 13.2. The van der Waals surface area contributed by atoms with E-state index in [1.165, 1.54) is 0 Å². The van der Waals surface area contributed by atoms with Crippen LogP contribution in [0.3, 0.4) is 0 Å². The minimum Gasteiger partial charge on any atom is -0.465 e. The van der Waals surface area contributed by atoms with Crippen LogP contribution in [-0.2, 0) is 6.54 Å². The highest BCUT2D eigenvalue weighted by molar-refractivity contribution is 5.93. The van der Waals surface area contributed by atoms with E-state index in [2.05, 4.69) is 25.6 Å². The number of rotatable bonds is 5. The maximum absolute atomic E-state index is 12.0. The first-order valence-corrected chi connectivity index (χ1v) is 8.05. The molecule has 0 spiro atoms. The van der Waals surface area contributed by atoms with Crippen molar-refractivity contribution in [1.82, 2.24) is 25.6 Å². The molecule has 1 fully saturated rings. The second-order valence-electron chi connectivity index (χ2n) is 6.20. The number of hydrogen-bond donors (Lipinski definition) is 2.